The monoisotopic (exact) mass is 210 g/mol. The zero-order valence-corrected chi connectivity index (χ0v) is 10.3. The zero-order chi connectivity index (χ0) is 10.7. The Bertz CT molecular complexity index is 179. The first kappa shape index (κ1) is 11.4. The van der Waals surface area contributed by atoms with E-state index in [1.807, 2.05) is 0 Å². The number of hydrogen-bond acceptors (Lipinski definition) is 2. The lowest BCUT2D eigenvalue weighted by Crippen LogP contribution is -2.46. The van der Waals surface area contributed by atoms with E-state index in [2.05, 4.69) is 24.2 Å². The van der Waals surface area contributed by atoms with Crippen molar-refractivity contribution in [3.63, 3.8) is 0 Å². The van der Waals surface area contributed by atoms with Gasteiger partial charge in [-0.25, -0.2) is 0 Å². The number of nitrogens with zero attached hydrogens (tertiary/aromatic N) is 1. The van der Waals surface area contributed by atoms with Crippen LogP contribution < -0.4 is 5.32 Å². The second-order valence-corrected chi connectivity index (χ2v) is 5.58. The summed E-state index contributed by atoms with van der Waals surface area (Å²) in [6, 6.07) is 1.54. The molecule has 0 aromatic carbocycles. The zero-order valence-electron chi connectivity index (χ0n) is 10.3. The van der Waals surface area contributed by atoms with Crippen LogP contribution in [-0.2, 0) is 0 Å². The molecule has 0 bridgehead atoms. The summed E-state index contributed by atoms with van der Waals surface area (Å²) < 4.78 is 0. The van der Waals surface area contributed by atoms with Gasteiger partial charge < -0.3 is 10.2 Å². The lowest BCUT2D eigenvalue weighted by atomic mass is 9.97. The number of piperidine rings is 1. The van der Waals surface area contributed by atoms with Gasteiger partial charge in [-0.2, -0.15) is 0 Å². The highest BCUT2D eigenvalue weighted by Crippen LogP contribution is 2.28. The summed E-state index contributed by atoms with van der Waals surface area (Å²) in [7, 11) is 2.23. The van der Waals surface area contributed by atoms with Crippen LogP contribution in [0, 0.1) is 5.92 Å². The molecule has 2 aliphatic rings. The smallest absolute Gasteiger partial charge is 0.00939 e. The normalized spacial score (nSPS) is 28.4. The molecule has 0 aromatic rings. The molecule has 15 heavy (non-hydrogen) atoms. The molecule has 2 rings (SSSR count). The van der Waals surface area contributed by atoms with Gasteiger partial charge in [0.25, 0.3) is 0 Å². The summed E-state index contributed by atoms with van der Waals surface area (Å²) in [5, 5.41) is 3.85. The van der Waals surface area contributed by atoms with Crippen molar-refractivity contribution in [3.05, 3.63) is 0 Å². The highest BCUT2D eigenvalue weighted by molar-refractivity contribution is 4.83. The van der Waals surface area contributed by atoms with Gasteiger partial charge in [-0.3, -0.25) is 0 Å². The molecule has 88 valence electrons. The van der Waals surface area contributed by atoms with Crippen molar-refractivity contribution in [2.45, 2.75) is 57.5 Å². The lowest BCUT2D eigenvalue weighted by molar-refractivity contribution is 0.213. The molecule has 1 aliphatic heterocycles. The first-order chi connectivity index (χ1) is 7.25. The van der Waals surface area contributed by atoms with Crippen molar-refractivity contribution < 1.29 is 0 Å². The standard InChI is InChI=1S/C13H26N2/c1-11(12-5-3-4-6-12)14-13-7-9-15(2)10-8-13/h11-14H,3-10H2,1-2H3/t11-/m1/s1. The van der Waals surface area contributed by atoms with Crippen LogP contribution in [0.25, 0.3) is 0 Å². The summed E-state index contributed by atoms with van der Waals surface area (Å²) in [6.07, 6.45) is 8.52. The predicted molar refractivity (Wildman–Crippen MR) is 65.1 cm³/mol. The van der Waals surface area contributed by atoms with Crippen molar-refractivity contribution in [2.24, 2.45) is 5.92 Å². The minimum absolute atomic E-state index is 0.751. The third kappa shape index (κ3) is 3.18. The maximum atomic E-state index is 3.85. The largest absolute Gasteiger partial charge is 0.311 e. The first-order valence-corrected chi connectivity index (χ1v) is 6.70. The van der Waals surface area contributed by atoms with Gasteiger partial charge in [-0.05, 0) is 58.7 Å². The molecule has 2 nitrogen and oxygen atoms in total. The van der Waals surface area contributed by atoms with E-state index in [-0.39, 0.29) is 0 Å². The number of likely N-dealkylation sites (tertiary alicyclic amines) is 1. The highest BCUT2D eigenvalue weighted by Gasteiger charge is 2.24. The van der Waals surface area contributed by atoms with Gasteiger partial charge in [0.05, 0.1) is 0 Å². The Labute approximate surface area is 94.4 Å². The average Bonchev–Trinajstić information content (AvgIpc) is 2.74. The van der Waals surface area contributed by atoms with Gasteiger partial charge in [0, 0.05) is 12.1 Å². The van der Waals surface area contributed by atoms with E-state index in [9.17, 15) is 0 Å². The minimum atomic E-state index is 0.751. The number of rotatable bonds is 3. The maximum Gasteiger partial charge on any atom is 0.00939 e. The van der Waals surface area contributed by atoms with Crippen LogP contribution in [0.5, 0.6) is 0 Å². The molecule has 0 radical (unpaired) electrons. The van der Waals surface area contributed by atoms with E-state index in [1.165, 1.54) is 51.6 Å². The molecule has 2 heteroatoms. The van der Waals surface area contributed by atoms with Crippen LogP contribution in [0.1, 0.15) is 45.4 Å². The van der Waals surface area contributed by atoms with Crippen LogP contribution in [0.3, 0.4) is 0 Å². The van der Waals surface area contributed by atoms with E-state index < -0.39 is 0 Å². The molecule has 0 spiro atoms. The Morgan fingerprint density at radius 3 is 2.27 bits per heavy atom. The van der Waals surface area contributed by atoms with Gasteiger partial charge in [0.1, 0.15) is 0 Å². The fourth-order valence-corrected chi connectivity index (χ4v) is 3.14. The van der Waals surface area contributed by atoms with Crippen LogP contribution in [-0.4, -0.2) is 37.1 Å². The Morgan fingerprint density at radius 1 is 1.07 bits per heavy atom. The fourth-order valence-electron chi connectivity index (χ4n) is 3.14. The van der Waals surface area contributed by atoms with Crippen molar-refractivity contribution >= 4 is 0 Å². The van der Waals surface area contributed by atoms with Gasteiger partial charge in [-0.1, -0.05) is 12.8 Å². The Balaban J connectivity index is 1.71. The summed E-state index contributed by atoms with van der Waals surface area (Å²) >= 11 is 0. The summed E-state index contributed by atoms with van der Waals surface area (Å²) in [5.74, 6) is 0.963. The molecule has 2 fully saturated rings. The molecule has 0 aromatic heterocycles. The summed E-state index contributed by atoms with van der Waals surface area (Å²) in [4.78, 5) is 2.44. The number of hydrogen-bond donors (Lipinski definition) is 1. The summed E-state index contributed by atoms with van der Waals surface area (Å²) in [5.41, 5.74) is 0. The lowest BCUT2D eigenvalue weighted by Gasteiger charge is -2.33. The van der Waals surface area contributed by atoms with Crippen molar-refractivity contribution in [1.29, 1.82) is 0 Å². The minimum Gasteiger partial charge on any atom is -0.311 e. The average molecular weight is 210 g/mol. The molecule has 1 N–H and O–H groups in total. The van der Waals surface area contributed by atoms with E-state index in [0.29, 0.717) is 0 Å². The van der Waals surface area contributed by atoms with E-state index in [0.717, 1.165) is 18.0 Å². The Kier molecular flexibility index (Phi) is 4.04. The molecule has 0 unspecified atom stereocenters. The second-order valence-electron chi connectivity index (χ2n) is 5.58. The first-order valence-electron chi connectivity index (χ1n) is 6.70. The second kappa shape index (κ2) is 5.31. The van der Waals surface area contributed by atoms with E-state index in [1.54, 1.807) is 0 Å². The molecule has 1 saturated carbocycles. The molecule has 1 heterocycles. The third-order valence-corrected chi connectivity index (χ3v) is 4.32. The topological polar surface area (TPSA) is 15.3 Å². The highest BCUT2D eigenvalue weighted by atomic mass is 15.1. The van der Waals surface area contributed by atoms with E-state index >= 15 is 0 Å². The molecule has 1 atom stereocenters. The molecule has 1 saturated heterocycles. The quantitative estimate of drug-likeness (QED) is 0.768. The van der Waals surface area contributed by atoms with Crippen LogP contribution in [0.15, 0.2) is 0 Å². The van der Waals surface area contributed by atoms with Gasteiger partial charge >= 0.3 is 0 Å². The molecule has 0 amide bonds. The van der Waals surface area contributed by atoms with Crippen LogP contribution >= 0.6 is 0 Å². The van der Waals surface area contributed by atoms with Gasteiger partial charge in [0.15, 0.2) is 0 Å². The predicted octanol–water partition coefficient (Wildman–Crippen LogP) is 2.25. The van der Waals surface area contributed by atoms with Crippen molar-refractivity contribution in [1.82, 2.24) is 10.2 Å². The van der Waals surface area contributed by atoms with Crippen molar-refractivity contribution in [2.75, 3.05) is 20.1 Å². The SMILES string of the molecule is C[C@@H](NC1CCN(C)CC1)C1CCCC1. The molecular formula is C13H26N2. The third-order valence-electron chi connectivity index (χ3n) is 4.32. The van der Waals surface area contributed by atoms with Crippen molar-refractivity contribution in [3.8, 4) is 0 Å². The maximum absolute atomic E-state index is 3.85. The Hall–Kier alpha value is -0.0800. The molecular weight excluding hydrogens is 184 g/mol. The van der Waals surface area contributed by atoms with Crippen LogP contribution in [0.2, 0.25) is 0 Å². The fraction of sp³-hybridized carbons (Fsp3) is 1.00. The van der Waals surface area contributed by atoms with E-state index in [4.69, 9.17) is 0 Å². The van der Waals surface area contributed by atoms with Gasteiger partial charge in [-0.15, -0.1) is 0 Å². The summed E-state index contributed by atoms with van der Waals surface area (Å²) in [6.45, 7) is 4.94. The van der Waals surface area contributed by atoms with Gasteiger partial charge in [0.2, 0.25) is 0 Å². The van der Waals surface area contributed by atoms with Crippen LogP contribution in [0.4, 0.5) is 0 Å². The Morgan fingerprint density at radius 2 is 1.67 bits per heavy atom. The molecule has 1 aliphatic carbocycles. The number of nitrogens with one attached hydrogen (secondary N) is 1.